The molecule has 272 valence electrons. The summed E-state index contributed by atoms with van der Waals surface area (Å²) in [6.07, 6.45) is 7.60. The molecule has 0 radical (unpaired) electrons. The summed E-state index contributed by atoms with van der Waals surface area (Å²) < 4.78 is 96.7. The van der Waals surface area contributed by atoms with E-state index >= 15 is 8.78 Å². The van der Waals surface area contributed by atoms with Crippen LogP contribution in [0.1, 0.15) is 75.8 Å². The molecular weight excluding hydrogens is 694 g/mol. The smallest absolute Gasteiger partial charge is 0.333 e. The van der Waals surface area contributed by atoms with Crippen LogP contribution in [0.15, 0.2) is 54.4 Å². The number of imide groups is 1. The van der Waals surface area contributed by atoms with Gasteiger partial charge in [-0.2, -0.15) is 0 Å². The molecule has 1 aromatic heterocycles. The fourth-order valence-corrected chi connectivity index (χ4v) is 7.29. The molecule has 0 N–H and O–H groups in total. The number of hydrogen-bond acceptors (Lipinski definition) is 8. The molecule has 1 saturated heterocycles. The van der Waals surface area contributed by atoms with Gasteiger partial charge in [0.2, 0.25) is 5.52 Å². The number of fused-ring (bicyclic) bond motifs is 2. The van der Waals surface area contributed by atoms with E-state index in [2.05, 4.69) is 0 Å². The number of carbonyl (C=O) groups excluding carboxylic acids is 3. The number of hydroxylamine groups is 2. The van der Waals surface area contributed by atoms with Crippen molar-refractivity contribution in [3.05, 3.63) is 88.8 Å². The molecule has 15 heteroatoms. The number of anilines is 1. The molecule has 2 amide bonds. The predicted molar refractivity (Wildman–Crippen MR) is 177 cm³/mol. The summed E-state index contributed by atoms with van der Waals surface area (Å²) in [5.41, 5.74) is -0.291. The third kappa shape index (κ3) is 7.99. The first-order valence-corrected chi connectivity index (χ1v) is 18.1. The zero-order valence-corrected chi connectivity index (χ0v) is 28.9. The standard InChI is InChI=1S/C36H37F4N3O7S/c1-36(19-7-3-4-15-29(46)50-43-27(44)16-17-28(43)45)26(14-10-11-23-18-21-41(2)25-13-6-5-12-24(23)25)42(20-8-9-22-51(47,48)49)35-30(36)31(37)32(38)33(39)34(35)40/h5-6,10-14,18,21H,3-4,7-9,15-17,19-20,22H2,1-2H3. The molecule has 0 saturated carbocycles. The molecule has 3 heterocycles. The number of allylic oxidation sites excluding steroid dienone is 3. The van der Waals surface area contributed by atoms with Gasteiger partial charge in [-0.25, -0.2) is 35.3 Å². The Labute approximate surface area is 292 Å². The number of halogens is 4. The number of benzene rings is 2. The topological polar surface area (TPSA) is 128 Å². The normalized spacial score (nSPS) is 18.5. The van der Waals surface area contributed by atoms with E-state index in [4.69, 9.17) is 4.84 Å². The number of aromatic nitrogens is 1. The highest BCUT2D eigenvalue weighted by molar-refractivity contribution is 7.85. The fraction of sp³-hybridized carbons (Fsp3) is 0.389. The molecule has 0 aliphatic carbocycles. The lowest BCUT2D eigenvalue weighted by Gasteiger charge is -2.30. The van der Waals surface area contributed by atoms with Crippen LogP contribution in [0.4, 0.5) is 23.2 Å². The highest BCUT2D eigenvalue weighted by Crippen LogP contribution is 2.54. The van der Waals surface area contributed by atoms with Crippen molar-refractivity contribution >= 4 is 50.6 Å². The summed E-state index contributed by atoms with van der Waals surface area (Å²) in [6, 6.07) is 9.54. The highest BCUT2D eigenvalue weighted by atomic mass is 32.2. The fourth-order valence-electron chi connectivity index (χ4n) is 6.74. The number of para-hydroxylation sites is 1. The number of nitrogens with zero attached hydrogens (tertiary/aromatic N) is 3. The molecule has 1 unspecified atom stereocenters. The Balaban J connectivity index is 1.46. The molecular formula is C36H37F4N3O7S. The van der Waals surface area contributed by atoms with Gasteiger partial charge in [0.05, 0.1) is 21.2 Å². The van der Waals surface area contributed by atoms with E-state index in [0.29, 0.717) is 17.9 Å². The van der Waals surface area contributed by atoms with Crippen LogP contribution < -0.4 is 9.47 Å². The van der Waals surface area contributed by atoms with Crippen molar-refractivity contribution < 1.29 is 54.3 Å². The van der Waals surface area contributed by atoms with Crippen molar-refractivity contribution in [3.63, 3.8) is 0 Å². The minimum absolute atomic E-state index is 0.0298. The maximum atomic E-state index is 15.8. The Morgan fingerprint density at radius 1 is 0.961 bits per heavy atom. The van der Waals surface area contributed by atoms with E-state index < -0.39 is 73.6 Å². The number of carbonyl (C=O) groups is 3. The summed E-state index contributed by atoms with van der Waals surface area (Å²) >= 11 is 0. The van der Waals surface area contributed by atoms with Crippen LogP contribution in [0, 0.1) is 23.3 Å². The second kappa shape index (κ2) is 15.3. The minimum Gasteiger partial charge on any atom is -0.748 e. The van der Waals surface area contributed by atoms with Crippen LogP contribution in [-0.4, -0.2) is 48.1 Å². The lowest BCUT2D eigenvalue weighted by atomic mass is 9.76. The van der Waals surface area contributed by atoms with Gasteiger partial charge in [-0.05, 0) is 50.3 Å². The Morgan fingerprint density at radius 3 is 2.35 bits per heavy atom. The zero-order valence-electron chi connectivity index (χ0n) is 28.1. The molecule has 3 aromatic rings. The van der Waals surface area contributed by atoms with E-state index in [9.17, 15) is 36.1 Å². The van der Waals surface area contributed by atoms with Gasteiger partial charge >= 0.3 is 5.97 Å². The Bertz CT molecular complexity index is 2040. The number of unbranched alkanes of at least 4 members (excludes halogenated alkanes) is 3. The highest BCUT2D eigenvalue weighted by Gasteiger charge is 2.49. The number of rotatable bonds is 14. The van der Waals surface area contributed by atoms with Crippen LogP contribution in [0.3, 0.4) is 0 Å². The second-order valence-electron chi connectivity index (χ2n) is 12.8. The molecule has 2 aliphatic heterocycles. The van der Waals surface area contributed by atoms with Gasteiger partial charge in [0.1, 0.15) is 7.05 Å². The van der Waals surface area contributed by atoms with Crippen LogP contribution in [0.5, 0.6) is 0 Å². The van der Waals surface area contributed by atoms with Gasteiger partial charge in [-0.1, -0.05) is 37.1 Å². The van der Waals surface area contributed by atoms with E-state index in [1.165, 1.54) is 4.90 Å². The molecule has 1 atom stereocenters. The molecule has 5 rings (SSSR count). The first kappa shape index (κ1) is 37.6. The Morgan fingerprint density at radius 2 is 1.65 bits per heavy atom. The Kier molecular flexibility index (Phi) is 11.3. The van der Waals surface area contributed by atoms with Gasteiger partial charge in [0.15, 0.2) is 29.5 Å². The van der Waals surface area contributed by atoms with Gasteiger partial charge in [-0.3, -0.25) is 9.59 Å². The molecule has 2 aliphatic rings. The van der Waals surface area contributed by atoms with Crippen LogP contribution in [0.2, 0.25) is 0 Å². The monoisotopic (exact) mass is 731 g/mol. The van der Waals surface area contributed by atoms with Gasteiger partial charge < -0.3 is 14.3 Å². The second-order valence-corrected chi connectivity index (χ2v) is 14.4. The summed E-state index contributed by atoms with van der Waals surface area (Å²) in [5, 5.41) is 1.37. The first-order chi connectivity index (χ1) is 24.1. The van der Waals surface area contributed by atoms with Crippen molar-refractivity contribution in [2.75, 3.05) is 17.2 Å². The molecule has 0 bridgehead atoms. The van der Waals surface area contributed by atoms with Crippen LogP contribution in [0.25, 0.3) is 17.0 Å². The van der Waals surface area contributed by atoms with Crippen LogP contribution >= 0.6 is 0 Å². The predicted octanol–water partition coefficient (Wildman–Crippen LogP) is 5.78. The first-order valence-electron chi connectivity index (χ1n) is 16.5. The van der Waals surface area contributed by atoms with Crippen molar-refractivity contribution in [3.8, 4) is 0 Å². The van der Waals surface area contributed by atoms with E-state index in [1.807, 2.05) is 48.1 Å². The zero-order chi connectivity index (χ0) is 37.1. The number of hydrogen-bond donors (Lipinski definition) is 0. The maximum absolute atomic E-state index is 15.8. The summed E-state index contributed by atoms with van der Waals surface area (Å²) in [5.74, 6) is -9.83. The average Bonchev–Trinajstić information content (AvgIpc) is 3.53. The lowest BCUT2D eigenvalue weighted by Crippen LogP contribution is -2.32. The van der Waals surface area contributed by atoms with Gasteiger partial charge in [-0.15, -0.1) is 5.06 Å². The van der Waals surface area contributed by atoms with E-state index in [1.54, 1.807) is 25.2 Å². The number of aryl methyl sites for hydroxylation is 1. The summed E-state index contributed by atoms with van der Waals surface area (Å²) in [4.78, 5) is 42.0. The third-order valence-electron chi connectivity index (χ3n) is 9.31. The molecule has 1 fully saturated rings. The SMILES string of the molecule is C[n+]1ccc(C=CC=C2N(CCCCS(=O)(=O)[O-])c3c(F)c(F)c(F)c(F)c3C2(C)CCCCCC(=O)ON2C(=O)CCC2=O)c2ccccc21. The van der Waals surface area contributed by atoms with Gasteiger partial charge in [0.25, 0.3) is 11.8 Å². The summed E-state index contributed by atoms with van der Waals surface area (Å²) in [6.45, 7) is 1.44. The quantitative estimate of drug-likeness (QED) is 0.0389. The van der Waals surface area contributed by atoms with Gasteiger partial charge in [0, 0.05) is 60.4 Å². The Hall–Kier alpha value is -4.63. The maximum Gasteiger partial charge on any atom is 0.333 e. The van der Waals surface area contributed by atoms with Crippen molar-refractivity contribution in [1.82, 2.24) is 5.06 Å². The largest absolute Gasteiger partial charge is 0.748 e. The van der Waals surface area contributed by atoms with Crippen molar-refractivity contribution in [2.24, 2.45) is 7.05 Å². The molecule has 0 spiro atoms. The molecule has 51 heavy (non-hydrogen) atoms. The van der Waals surface area contributed by atoms with E-state index in [-0.39, 0.29) is 57.2 Å². The number of pyridine rings is 1. The van der Waals surface area contributed by atoms with Crippen LogP contribution in [-0.2, 0) is 41.8 Å². The minimum atomic E-state index is -4.55. The average molecular weight is 732 g/mol. The lowest BCUT2D eigenvalue weighted by molar-refractivity contribution is -0.644. The molecule has 10 nitrogen and oxygen atoms in total. The summed E-state index contributed by atoms with van der Waals surface area (Å²) in [7, 11) is -2.66. The van der Waals surface area contributed by atoms with Crippen molar-refractivity contribution in [1.29, 1.82) is 0 Å². The third-order valence-corrected chi connectivity index (χ3v) is 10.1. The van der Waals surface area contributed by atoms with Crippen molar-refractivity contribution in [2.45, 2.75) is 70.1 Å². The number of amides is 2. The van der Waals surface area contributed by atoms with E-state index in [0.717, 1.165) is 16.5 Å². The molecule has 2 aromatic carbocycles.